The normalized spacial score (nSPS) is 17.2. The van der Waals surface area contributed by atoms with Crippen molar-refractivity contribution >= 4 is 50.4 Å². The molecule has 9 rings (SSSR count). The van der Waals surface area contributed by atoms with E-state index in [2.05, 4.69) is 61.1 Å². The van der Waals surface area contributed by atoms with Gasteiger partial charge >= 0.3 is 0 Å². The van der Waals surface area contributed by atoms with Crippen molar-refractivity contribution in [1.82, 2.24) is 14.4 Å². The highest BCUT2D eigenvalue weighted by Crippen LogP contribution is 2.41. The molecule has 0 radical (unpaired) electrons. The van der Waals surface area contributed by atoms with Gasteiger partial charge in [-0.25, -0.2) is 12.8 Å². The van der Waals surface area contributed by atoms with Gasteiger partial charge in [0.25, 0.3) is 15.9 Å². The highest BCUT2D eigenvalue weighted by Gasteiger charge is 2.32. The molecule has 1 amide bonds. The summed E-state index contributed by atoms with van der Waals surface area (Å²) in [5.41, 5.74) is 8.51. The molecule has 4 N–H and O–H groups in total. The highest BCUT2D eigenvalue weighted by molar-refractivity contribution is 7.99. The lowest BCUT2D eigenvalue weighted by Crippen LogP contribution is -2.46. The summed E-state index contributed by atoms with van der Waals surface area (Å²) in [6, 6.07) is 38.1. The molecule has 5 aromatic carbocycles. The van der Waals surface area contributed by atoms with Gasteiger partial charge in [-0.15, -0.1) is 11.8 Å². The molecular formula is C57H68FN7O5S2. The number of likely N-dealkylation sites (tertiary alicyclic amines) is 2. The number of nitrogens with zero attached hydrogens (tertiary/aromatic N) is 5. The van der Waals surface area contributed by atoms with Crippen LogP contribution in [-0.4, -0.2) is 121 Å². The summed E-state index contributed by atoms with van der Waals surface area (Å²) in [6.45, 7) is 12.5. The van der Waals surface area contributed by atoms with Crippen LogP contribution in [0.25, 0.3) is 22.4 Å². The first kappa shape index (κ1) is 51.1. The molecule has 3 saturated heterocycles. The molecule has 12 nitrogen and oxygen atoms in total. The molecule has 3 fully saturated rings. The van der Waals surface area contributed by atoms with Crippen LogP contribution in [0.15, 0.2) is 131 Å². The van der Waals surface area contributed by atoms with Crippen molar-refractivity contribution in [2.45, 2.75) is 80.4 Å². The minimum atomic E-state index is -3.87. The van der Waals surface area contributed by atoms with Crippen LogP contribution in [-0.2, 0) is 17.1 Å². The maximum Gasteiger partial charge on any atom is 0.261 e. The molecule has 0 saturated carbocycles. The molecule has 4 heterocycles. The zero-order valence-corrected chi connectivity index (χ0v) is 43.5. The number of hydrogen-bond acceptors (Lipinski definition) is 10. The van der Waals surface area contributed by atoms with Gasteiger partial charge in [0.15, 0.2) is 0 Å². The second-order valence-corrected chi connectivity index (χ2v) is 22.8. The zero-order chi connectivity index (χ0) is 50.6. The average Bonchev–Trinajstić information content (AvgIpc) is 3.65. The Morgan fingerprint density at radius 2 is 1.46 bits per heavy atom. The monoisotopic (exact) mass is 1010 g/mol. The predicted octanol–water partition coefficient (Wildman–Crippen LogP) is 9.65. The van der Waals surface area contributed by atoms with Gasteiger partial charge in [-0.2, -0.15) is 0 Å². The first-order valence-electron chi connectivity index (χ1n) is 25.3. The molecule has 6 aromatic rings. The number of aromatic nitrogens is 1. The van der Waals surface area contributed by atoms with Gasteiger partial charge < -0.3 is 39.7 Å². The van der Waals surface area contributed by atoms with Crippen LogP contribution >= 0.6 is 11.8 Å². The third-order valence-corrected chi connectivity index (χ3v) is 17.4. The first-order valence-corrected chi connectivity index (χ1v) is 27.7. The fourth-order valence-electron chi connectivity index (χ4n) is 10.2. The number of benzene rings is 5. The van der Waals surface area contributed by atoms with E-state index in [-0.39, 0.29) is 22.7 Å². The first-order chi connectivity index (χ1) is 34.6. The molecule has 1 atom stereocenters. The number of carbonyl (C=O) groups excluding carboxylic acids is 1. The number of hydrogen-bond donors (Lipinski definition) is 4. The molecular weight excluding hydrogens is 946 g/mol. The summed E-state index contributed by atoms with van der Waals surface area (Å²) in [5, 5.41) is 24.4. The summed E-state index contributed by atoms with van der Waals surface area (Å²) >= 11 is 1.81. The standard InChI is InChI=1S/C57H68FN7O5S2/c1-40-37-51(21-22-52(40)59-46(39-71-50-11-6-5-7-12-50)23-28-62-31-26-57(3,68)27-32-62)72(69,70)60-45-17-19-47(20-18-45)63-33-35-64(36-34-63)48-10-8-9-43(38-48)54-53(56(67)65-29-24-49(66)25-30-65)41(2)61(4)55(54)42-13-15-44(58)16-14-42/h5-22,37-38,46,49,59-60,66,68H,23-36,39H2,1-4H3/t46-/m1/s1. The maximum absolute atomic E-state index is 14.4. The van der Waals surface area contributed by atoms with Crippen molar-refractivity contribution in [3.8, 4) is 22.4 Å². The quantitative estimate of drug-likeness (QED) is 0.0695. The molecule has 380 valence electrons. The van der Waals surface area contributed by atoms with Crippen molar-refractivity contribution in [2.75, 3.05) is 84.5 Å². The molecule has 15 heteroatoms. The third-order valence-electron chi connectivity index (χ3n) is 14.8. The van der Waals surface area contributed by atoms with E-state index in [1.54, 1.807) is 24.3 Å². The van der Waals surface area contributed by atoms with Gasteiger partial charge in [0.2, 0.25) is 0 Å². The average molecular weight is 1010 g/mol. The highest BCUT2D eigenvalue weighted by atomic mass is 32.2. The summed E-state index contributed by atoms with van der Waals surface area (Å²) < 4.78 is 46.6. The summed E-state index contributed by atoms with van der Waals surface area (Å²) in [4.78, 5) is 24.7. The third kappa shape index (κ3) is 12.0. The molecule has 72 heavy (non-hydrogen) atoms. The van der Waals surface area contributed by atoms with Gasteiger partial charge in [-0.3, -0.25) is 9.52 Å². The van der Waals surface area contributed by atoms with E-state index < -0.39 is 21.7 Å². The number of piperidine rings is 2. The van der Waals surface area contributed by atoms with E-state index in [9.17, 15) is 27.8 Å². The van der Waals surface area contributed by atoms with E-state index in [1.165, 1.54) is 17.0 Å². The minimum absolute atomic E-state index is 0.0656. The number of nitrogens with one attached hydrogen (secondary N) is 2. The lowest BCUT2D eigenvalue weighted by molar-refractivity contribution is -0.00556. The van der Waals surface area contributed by atoms with Crippen molar-refractivity contribution in [1.29, 1.82) is 0 Å². The lowest BCUT2D eigenvalue weighted by atomic mass is 9.94. The fraction of sp³-hybridized carbons (Fsp3) is 0.386. The predicted molar refractivity (Wildman–Crippen MR) is 290 cm³/mol. The summed E-state index contributed by atoms with van der Waals surface area (Å²) in [5.74, 6) is 0.461. The Bertz CT molecular complexity index is 2930. The van der Waals surface area contributed by atoms with Gasteiger partial charge in [0.05, 0.1) is 27.9 Å². The molecule has 1 aromatic heterocycles. The number of aliphatic hydroxyl groups excluding tert-OH is 1. The van der Waals surface area contributed by atoms with Crippen LogP contribution in [0.5, 0.6) is 0 Å². The number of carbonyl (C=O) groups is 1. The molecule has 3 aliphatic rings. The number of sulfonamides is 1. The van der Waals surface area contributed by atoms with Gasteiger partial charge in [-0.1, -0.05) is 30.3 Å². The molecule has 0 bridgehead atoms. The van der Waals surface area contributed by atoms with Crippen molar-refractivity contribution in [2.24, 2.45) is 7.05 Å². The topological polar surface area (TPSA) is 134 Å². The Balaban J connectivity index is 0.841. The number of amides is 1. The van der Waals surface area contributed by atoms with Crippen molar-refractivity contribution in [3.63, 3.8) is 0 Å². The maximum atomic E-state index is 14.4. The largest absolute Gasteiger partial charge is 0.393 e. The van der Waals surface area contributed by atoms with Crippen LogP contribution in [0.3, 0.4) is 0 Å². The van der Waals surface area contributed by atoms with E-state index in [0.717, 1.165) is 122 Å². The molecule has 3 aliphatic heterocycles. The SMILES string of the molecule is Cc1cc(S(=O)(=O)Nc2ccc(N3CCN(c4cccc(-c5c(C(=O)N6CCC(O)CC6)c(C)n(C)c5-c5ccc(F)cc5)c4)CC3)cc2)ccc1N[C@H](CCN1CCC(C)(O)CC1)CSc1ccccc1. The van der Waals surface area contributed by atoms with E-state index in [0.29, 0.717) is 37.2 Å². The minimum Gasteiger partial charge on any atom is -0.393 e. The fourth-order valence-corrected chi connectivity index (χ4v) is 12.4. The Kier molecular flexibility index (Phi) is 15.7. The summed E-state index contributed by atoms with van der Waals surface area (Å²) in [7, 11) is -1.92. The van der Waals surface area contributed by atoms with E-state index in [4.69, 9.17) is 0 Å². The van der Waals surface area contributed by atoms with Crippen LogP contribution in [0.4, 0.5) is 27.1 Å². The summed E-state index contributed by atoms with van der Waals surface area (Å²) in [6.07, 6.45) is 3.14. The van der Waals surface area contributed by atoms with Gasteiger partial charge in [0, 0.05) is 117 Å². The smallest absolute Gasteiger partial charge is 0.261 e. The van der Waals surface area contributed by atoms with Crippen molar-refractivity contribution < 1.29 is 27.8 Å². The van der Waals surface area contributed by atoms with Crippen LogP contribution in [0.1, 0.15) is 60.6 Å². The molecule has 0 unspecified atom stereocenters. The number of aryl methyl sites for hydroxylation is 1. The van der Waals surface area contributed by atoms with Crippen molar-refractivity contribution in [3.05, 3.63) is 144 Å². The van der Waals surface area contributed by atoms with E-state index in [1.807, 2.05) is 97.6 Å². The second-order valence-electron chi connectivity index (χ2n) is 20.0. The Morgan fingerprint density at radius 1 is 0.792 bits per heavy atom. The number of halogens is 1. The Hall–Kier alpha value is -5.84. The Labute approximate surface area is 428 Å². The second kappa shape index (κ2) is 22.1. The Morgan fingerprint density at radius 3 is 2.12 bits per heavy atom. The van der Waals surface area contributed by atoms with Gasteiger partial charge in [-0.05, 0) is 161 Å². The number of thioether (sulfide) groups is 1. The number of anilines is 4. The number of piperazine rings is 1. The van der Waals surface area contributed by atoms with Gasteiger partial charge in [0.1, 0.15) is 5.82 Å². The van der Waals surface area contributed by atoms with Crippen LogP contribution < -0.4 is 19.8 Å². The van der Waals surface area contributed by atoms with Crippen LogP contribution in [0.2, 0.25) is 0 Å². The number of aliphatic hydroxyl groups is 2. The van der Waals surface area contributed by atoms with Crippen LogP contribution in [0, 0.1) is 19.7 Å². The lowest BCUT2D eigenvalue weighted by Gasteiger charge is -2.37. The molecule has 0 aliphatic carbocycles. The molecule has 0 spiro atoms. The zero-order valence-electron chi connectivity index (χ0n) is 41.9. The number of rotatable bonds is 16. The van der Waals surface area contributed by atoms with E-state index >= 15 is 0 Å².